The van der Waals surface area contributed by atoms with Crippen molar-refractivity contribution in [2.45, 2.75) is 49.9 Å². The predicted octanol–water partition coefficient (Wildman–Crippen LogP) is 4.43. The van der Waals surface area contributed by atoms with Gasteiger partial charge in [-0.1, -0.05) is 35.9 Å². The molecule has 3 aromatic rings. The molecule has 35 heavy (non-hydrogen) atoms. The Morgan fingerprint density at radius 3 is 2.51 bits per heavy atom. The third-order valence-electron chi connectivity index (χ3n) is 7.64. The lowest BCUT2D eigenvalue weighted by Gasteiger charge is -2.39. The minimum Gasteiger partial charge on any atom is -0.441 e. The summed E-state index contributed by atoms with van der Waals surface area (Å²) in [6.07, 6.45) is 11.1. The van der Waals surface area contributed by atoms with Crippen LogP contribution in [-0.4, -0.2) is 57.3 Å². The third-order valence-corrected chi connectivity index (χ3v) is 7.92. The molecule has 3 aliphatic rings. The van der Waals surface area contributed by atoms with Crippen molar-refractivity contribution in [1.82, 2.24) is 20.1 Å². The van der Waals surface area contributed by atoms with Crippen molar-refractivity contribution in [1.29, 1.82) is 0 Å². The first kappa shape index (κ1) is 22.4. The highest BCUT2D eigenvalue weighted by atomic mass is 35.5. The number of rotatable bonds is 4. The summed E-state index contributed by atoms with van der Waals surface area (Å²) in [4.78, 5) is 18.2. The van der Waals surface area contributed by atoms with E-state index in [4.69, 9.17) is 16.3 Å². The van der Waals surface area contributed by atoms with Crippen molar-refractivity contribution in [3.05, 3.63) is 54.1 Å². The summed E-state index contributed by atoms with van der Waals surface area (Å²) in [6.45, 7) is 2.06. The van der Waals surface area contributed by atoms with E-state index in [1.807, 2.05) is 23.3 Å². The minimum atomic E-state index is -0.409. The Morgan fingerprint density at radius 1 is 1.06 bits per heavy atom. The van der Waals surface area contributed by atoms with Gasteiger partial charge in [-0.25, -0.2) is 4.79 Å². The fourth-order valence-corrected chi connectivity index (χ4v) is 5.90. The second-order valence-electron chi connectivity index (χ2n) is 9.78. The molecule has 1 spiro atoms. The van der Waals surface area contributed by atoms with E-state index >= 15 is 0 Å². The quantitative estimate of drug-likeness (QED) is 0.558. The monoisotopic (exact) mass is 493 g/mol. The van der Waals surface area contributed by atoms with Crippen molar-refractivity contribution >= 4 is 23.4 Å². The van der Waals surface area contributed by atoms with Crippen molar-refractivity contribution < 1.29 is 14.6 Å². The van der Waals surface area contributed by atoms with E-state index in [0.717, 1.165) is 73.1 Å². The lowest BCUT2D eigenvalue weighted by molar-refractivity contribution is 0.0367. The lowest BCUT2D eigenvalue weighted by atomic mass is 9.91. The Labute approximate surface area is 208 Å². The van der Waals surface area contributed by atoms with E-state index in [-0.39, 0.29) is 18.2 Å². The molecule has 2 saturated heterocycles. The van der Waals surface area contributed by atoms with Crippen LogP contribution in [0.5, 0.6) is 0 Å². The molecule has 1 amide bonds. The van der Waals surface area contributed by atoms with Gasteiger partial charge in [0.1, 0.15) is 5.60 Å². The number of benzene rings is 1. The van der Waals surface area contributed by atoms with Crippen LogP contribution in [0.25, 0.3) is 22.3 Å². The average Bonchev–Trinajstić information content (AvgIpc) is 3.60. The van der Waals surface area contributed by atoms with Crippen LogP contribution in [-0.2, 0) is 4.74 Å². The van der Waals surface area contributed by atoms with E-state index in [2.05, 4.69) is 44.6 Å². The summed E-state index contributed by atoms with van der Waals surface area (Å²) < 4.78 is 7.47. The molecule has 2 N–H and O–H groups in total. The number of aliphatic hydroxyl groups is 1. The van der Waals surface area contributed by atoms with Gasteiger partial charge < -0.3 is 20.1 Å². The largest absolute Gasteiger partial charge is 0.441 e. The van der Waals surface area contributed by atoms with Gasteiger partial charge in [0.15, 0.2) is 0 Å². The first-order chi connectivity index (χ1) is 17.0. The molecule has 3 fully saturated rings. The molecule has 1 aromatic carbocycles. The standard InChI is InChI=1S/C26H28ClN5O3/c27-21-14-28-13-20(24(21)31-10-8-26(9-11-31)16-29-25(34)35-26)18-6-4-17(5-7-18)19-12-30-32(15-19)22-2-1-3-23(22)33/h4-7,12-15,22-23,33H,1-3,8-11,16H2,(H,29,34)/t22-,23-/m1/s1. The van der Waals surface area contributed by atoms with Crippen LogP contribution in [0.15, 0.2) is 49.1 Å². The molecule has 0 unspecified atom stereocenters. The van der Waals surface area contributed by atoms with Gasteiger partial charge in [0, 0.05) is 55.6 Å². The van der Waals surface area contributed by atoms with Crippen LogP contribution in [0.4, 0.5) is 10.5 Å². The summed E-state index contributed by atoms with van der Waals surface area (Å²) in [7, 11) is 0. The van der Waals surface area contributed by atoms with Gasteiger partial charge in [0.25, 0.3) is 0 Å². The maximum Gasteiger partial charge on any atom is 0.407 e. The fraction of sp³-hybridized carbons (Fsp3) is 0.423. The van der Waals surface area contributed by atoms with Crippen LogP contribution in [0, 0.1) is 0 Å². The van der Waals surface area contributed by atoms with Gasteiger partial charge in [0.05, 0.1) is 35.6 Å². The number of halogens is 1. The number of nitrogens with zero attached hydrogens (tertiary/aromatic N) is 4. The molecule has 6 rings (SSSR count). The molecule has 0 bridgehead atoms. The van der Waals surface area contributed by atoms with Crippen molar-refractivity contribution in [2.75, 3.05) is 24.5 Å². The number of hydrogen-bond acceptors (Lipinski definition) is 6. The highest BCUT2D eigenvalue weighted by molar-refractivity contribution is 6.33. The third kappa shape index (κ3) is 4.15. The summed E-state index contributed by atoms with van der Waals surface area (Å²) in [5, 5.41) is 18.1. The fourth-order valence-electron chi connectivity index (χ4n) is 5.62. The molecule has 9 heteroatoms. The molecule has 182 valence electrons. The number of aliphatic hydroxyl groups excluding tert-OH is 1. The summed E-state index contributed by atoms with van der Waals surface area (Å²) in [6, 6.07) is 8.41. The van der Waals surface area contributed by atoms with Gasteiger partial charge in [0.2, 0.25) is 0 Å². The Kier molecular flexibility index (Phi) is 5.65. The number of amides is 1. The smallest absolute Gasteiger partial charge is 0.407 e. The maximum absolute atomic E-state index is 11.6. The van der Waals surface area contributed by atoms with Crippen LogP contribution < -0.4 is 10.2 Å². The van der Waals surface area contributed by atoms with Gasteiger partial charge in [-0.05, 0) is 30.4 Å². The van der Waals surface area contributed by atoms with Crippen LogP contribution in [0.2, 0.25) is 5.02 Å². The number of hydrogen-bond donors (Lipinski definition) is 2. The SMILES string of the molecule is O=C1NCC2(CCN(c3c(Cl)cncc3-c3ccc(-c4cnn([C@@H]5CCC[C@H]5O)c4)cc3)CC2)O1. The van der Waals surface area contributed by atoms with Crippen LogP contribution in [0.3, 0.4) is 0 Å². The summed E-state index contributed by atoms with van der Waals surface area (Å²) in [5.41, 5.74) is 4.66. The van der Waals surface area contributed by atoms with E-state index < -0.39 is 5.60 Å². The Balaban J connectivity index is 1.23. The van der Waals surface area contributed by atoms with E-state index in [1.165, 1.54) is 0 Å². The number of nitrogens with one attached hydrogen (secondary N) is 1. The number of aromatic nitrogens is 3. The van der Waals surface area contributed by atoms with Gasteiger partial charge >= 0.3 is 6.09 Å². The Morgan fingerprint density at radius 2 is 1.83 bits per heavy atom. The number of piperidine rings is 1. The van der Waals surface area contributed by atoms with Crippen LogP contribution >= 0.6 is 11.6 Å². The van der Waals surface area contributed by atoms with Gasteiger partial charge in [-0.3, -0.25) is 9.67 Å². The highest BCUT2D eigenvalue weighted by Gasteiger charge is 2.43. The van der Waals surface area contributed by atoms with E-state index in [1.54, 1.807) is 6.20 Å². The maximum atomic E-state index is 11.6. The molecule has 1 aliphatic carbocycles. The molecule has 2 atom stereocenters. The van der Waals surface area contributed by atoms with Crippen molar-refractivity contribution in [3.8, 4) is 22.3 Å². The molecule has 0 radical (unpaired) electrons. The number of carbonyl (C=O) groups is 1. The van der Waals surface area contributed by atoms with E-state index in [9.17, 15) is 9.90 Å². The molecule has 8 nitrogen and oxygen atoms in total. The van der Waals surface area contributed by atoms with Crippen molar-refractivity contribution in [3.63, 3.8) is 0 Å². The first-order valence-electron chi connectivity index (χ1n) is 12.2. The second-order valence-corrected chi connectivity index (χ2v) is 10.2. The number of anilines is 1. The molecule has 2 aliphatic heterocycles. The zero-order valence-electron chi connectivity index (χ0n) is 19.4. The Hall–Kier alpha value is -3.10. The number of alkyl carbamates (subject to hydrolysis) is 1. The lowest BCUT2D eigenvalue weighted by Crippen LogP contribution is -2.46. The minimum absolute atomic E-state index is 0.0651. The first-order valence-corrected chi connectivity index (χ1v) is 12.6. The summed E-state index contributed by atoms with van der Waals surface area (Å²) >= 11 is 6.66. The van der Waals surface area contributed by atoms with Crippen molar-refractivity contribution in [2.24, 2.45) is 0 Å². The zero-order chi connectivity index (χ0) is 24.0. The normalized spacial score (nSPS) is 23.5. The highest BCUT2D eigenvalue weighted by Crippen LogP contribution is 2.40. The zero-order valence-corrected chi connectivity index (χ0v) is 20.1. The van der Waals surface area contributed by atoms with Gasteiger partial charge in [-0.15, -0.1) is 0 Å². The molecular weight excluding hydrogens is 466 g/mol. The number of pyridine rings is 1. The molecular formula is C26H28ClN5O3. The Bertz CT molecular complexity index is 1240. The molecule has 1 saturated carbocycles. The van der Waals surface area contributed by atoms with E-state index in [0.29, 0.717) is 11.6 Å². The predicted molar refractivity (Wildman–Crippen MR) is 133 cm³/mol. The van der Waals surface area contributed by atoms with Crippen LogP contribution in [0.1, 0.15) is 38.1 Å². The summed E-state index contributed by atoms with van der Waals surface area (Å²) in [5.74, 6) is 0. The average molecular weight is 494 g/mol. The molecule has 4 heterocycles. The molecule has 2 aromatic heterocycles. The van der Waals surface area contributed by atoms with Gasteiger partial charge in [-0.2, -0.15) is 5.10 Å². The number of carbonyl (C=O) groups excluding carboxylic acids is 1. The second kappa shape index (κ2) is 8.84. The topological polar surface area (TPSA) is 92.5 Å². The number of ether oxygens (including phenoxy) is 1.